The fourth-order valence-electron chi connectivity index (χ4n) is 5.33. The van der Waals surface area contributed by atoms with E-state index in [1.807, 2.05) is 72.5 Å². The fraction of sp³-hybridized carbons (Fsp3) is 0.250. The molecule has 2 aliphatic rings. The standard InChI is InChI=1S/C32H31FN2O3S/c1-21-28(14-22-8-11-26(12-9-22)39(2)38)27-13-10-25(33)16-30(27)29(21)17-31(36)34-18-24-15-32(37)35(20-24)19-23-6-4-3-5-7-23/h3-14,16,24H,15,17-20H2,1-2H3,(H,34,36)/b28-14-. The van der Waals surface area contributed by atoms with Crippen LogP contribution in [0.5, 0.6) is 0 Å². The molecule has 1 saturated heterocycles. The number of hydrogen-bond donors (Lipinski definition) is 1. The third kappa shape index (κ3) is 6.09. The zero-order valence-electron chi connectivity index (χ0n) is 22.1. The van der Waals surface area contributed by atoms with Crippen LogP contribution in [0.4, 0.5) is 4.39 Å². The van der Waals surface area contributed by atoms with Crippen molar-refractivity contribution in [2.45, 2.75) is 31.2 Å². The van der Waals surface area contributed by atoms with Gasteiger partial charge in [-0.05, 0) is 76.2 Å². The number of hydrogen-bond acceptors (Lipinski definition) is 3. The van der Waals surface area contributed by atoms with Gasteiger partial charge in [0.2, 0.25) is 11.8 Å². The summed E-state index contributed by atoms with van der Waals surface area (Å²) in [4.78, 5) is 28.1. The van der Waals surface area contributed by atoms with E-state index in [4.69, 9.17) is 0 Å². The van der Waals surface area contributed by atoms with Gasteiger partial charge in [0.25, 0.3) is 0 Å². The molecule has 200 valence electrons. The Labute approximate surface area is 230 Å². The van der Waals surface area contributed by atoms with E-state index >= 15 is 0 Å². The quantitative estimate of drug-likeness (QED) is 0.412. The van der Waals surface area contributed by atoms with Gasteiger partial charge >= 0.3 is 0 Å². The van der Waals surface area contributed by atoms with Gasteiger partial charge in [0.15, 0.2) is 0 Å². The molecule has 1 heterocycles. The van der Waals surface area contributed by atoms with Gasteiger partial charge in [0, 0.05) is 53.9 Å². The molecule has 5 nitrogen and oxygen atoms in total. The van der Waals surface area contributed by atoms with Gasteiger partial charge in [0.1, 0.15) is 5.82 Å². The van der Waals surface area contributed by atoms with E-state index in [9.17, 15) is 18.2 Å². The number of nitrogens with one attached hydrogen (secondary N) is 1. The Kier molecular flexibility index (Phi) is 7.89. The number of halogens is 1. The molecule has 0 saturated carbocycles. The molecule has 2 atom stereocenters. The number of rotatable bonds is 8. The monoisotopic (exact) mass is 542 g/mol. The van der Waals surface area contributed by atoms with Crippen molar-refractivity contribution in [1.29, 1.82) is 0 Å². The summed E-state index contributed by atoms with van der Waals surface area (Å²) in [7, 11) is -1.05. The SMILES string of the molecule is CC1=C(CC(=O)NCC2CC(=O)N(Cc3ccccc3)C2)c2cc(F)ccc2/C1=C\c1ccc(S(C)=O)cc1. The van der Waals surface area contributed by atoms with Crippen molar-refractivity contribution in [3.8, 4) is 0 Å². The Morgan fingerprint density at radius 3 is 2.54 bits per heavy atom. The number of fused-ring (bicyclic) bond motifs is 1. The second-order valence-electron chi connectivity index (χ2n) is 10.2. The van der Waals surface area contributed by atoms with Gasteiger partial charge in [0.05, 0.1) is 6.42 Å². The van der Waals surface area contributed by atoms with Crippen molar-refractivity contribution in [2.24, 2.45) is 5.92 Å². The predicted molar refractivity (Wildman–Crippen MR) is 153 cm³/mol. The second kappa shape index (κ2) is 11.5. The smallest absolute Gasteiger partial charge is 0.224 e. The highest BCUT2D eigenvalue weighted by Gasteiger charge is 2.30. The summed E-state index contributed by atoms with van der Waals surface area (Å²) in [6, 6.07) is 22.1. The molecule has 0 aromatic heterocycles. The number of amides is 2. The van der Waals surface area contributed by atoms with E-state index in [-0.39, 0.29) is 30.0 Å². The van der Waals surface area contributed by atoms with Crippen molar-refractivity contribution < 1.29 is 18.2 Å². The lowest BCUT2D eigenvalue weighted by atomic mass is 10.0. The van der Waals surface area contributed by atoms with Crippen LogP contribution in [0.3, 0.4) is 0 Å². The normalized spacial score (nSPS) is 18.5. The van der Waals surface area contributed by atoms with E-state index in [1.165, 1.54) is 12.1 Å². The van der Waals surface area contributed by atoms with E-state index in [2.05, 4.69) is 5.32 Å². The second-order valence-corrected chi connectivity index (χ2v) is 11.6. The van der Waals surface area contributed by atoms with Crippen molar-refractivity contribution in [3.63, 3.8) is 0 Å². The maximum Gasteiger partial charge on any atom is 0.224 e. The molecule has 1 fully saturated rings. The molecule has 3 aromatic rings. The average molecular weight is 543 g/mol. The molecule has 1 N–H and O–H groups in total. The third-order valence-corrected chi connectivity index (χ3v) is 8.35. The van der Waals surface area contributed by atoms with Crippen molar-refractivity contribution in [2.75, 3.05) is 19.3 Å². The van der Waals surface area contributed by atoms with Gasteiger partial charge in [-0.2, -0.15) is 0 Å². The van der Waals surface area contributed by atoms with Gasteiger partial charge in [-0.1, -0.05) is 48.5 Å². The Morgan fingerprint density at radius 1 is 1.08 bits per heavy atom. The molecule has 2 amide bonds. The first-order chi connectivity index (χ1) is 18.8. The van der Waals surface area contributed by atoms with Crippen LogP contribution in [-0.2, 0) is 26.9 Å². The summed E-state index contributed by atoms with van der Waals surface area (Å²) in [5, 5.41) is 3.01. The summed E-state index contributed by atoms with van der Waals surface area (Å²) in [5.41, 5.74) is 6.31. The van der Waals surface area contributed by atoms with E-state index in [0.717, 1.165) is 43.9 Å². The molecule has 0 radical (unpaired) electrons. The molecule has 0 bridgehead atoms. The summed E-state index contributed by atoms with van der Waals surface area (Å²) >= 11 is 0. The first-order valence-corrected chi connectivity index (χ1v) is 14.6. The maximum atomic E-state index is 14.2. The minimum Gasteiger partial charge on any atom is -0.355 e. The fourth-order valence-corrected chi connectivity index (χ4v) is 5.85. The summed E-state index contributed by atoms with van der Waals surface area (Å²) in [6.45, 7) is 3.57. The van der Waals surface area contributed by atoms with Gasteiger partial charge in [-0.25, -0.2) is 4.39 Å². The summed E-state index contributed by atoms with van der Waals surface area (Å²) in [5.74, 6) is -0.336. The van der Waals surface area contributed by atoms with Crippen molar-refractivity contribution in [3.05, 3.63) is 106 Å². The molecule has 7 heteroatoms. The zero-order valence-corrected chi connectivity index (χ0v) is 22.9. The highest BCUT2D eigenvalue weighted by atomic mass is 32.2. The lowest BCUT2D eigenvalue weighted by Crippen LogP contribution is -2.31. The molecule has 0 spiro atoms. The van der Waals surface area contributed by atoms with E-state index in [0.29, 0.717) is 26.1 Å². The van der Waals surface area contributed by atoms with Gasteiger partial charge < -0.3 is 10.2 Å². The molecule has 5 rings (SSSR count). The molecule has 3 aromatic carbocycles. The van der Waals surface area contributed by atoms with Crippen LogP contribution in [-0.4, -0.2) is 40.3 Å². The first-order valence-electron chi connectivity index (χ1n) is 13.0. The third-order valence-electron chi connectivity index (χ3n) is 7.41. The Bertz CT molecular complexity index is 1500. The lowest BCUT2D eigenvalue weighted by Gasteiger charge is -2.17. The number of carbonyl (C=O) groups is 2. The molecule has 39 heavy (non-hydrogen) atoms. The molecular weight excluding hydrogens is 511 g/mol. The highest BCUT2D eigenvalue weighted by molar-refractivity contribution is 7.84. The topological polar surface area (TPSA) is 66.5 Å². The van der Waals surface area contributed by atoms with Crippen LogP contribution in [0.2, 0.25) is 0 Å². The van der Waals surface area contributed by atoms with Gasteiger partial charge in [-0.15, -0.1) is 0 Å². The molecular formula is C32H31FN2O3S. The van der Waals surface area contributed by atoms with Gasteiger partial charge in [-0.3, -0.25) is 13.8 Å². The maximum absolute atomic E-state index is 14.2. The van der Waals surface area contributed by atoms with Crippen LogP contribution in [0.1, 0.15) is 42.0 Å². The molecule has 1 aliphatic heterocycles. The van der Waals surface area contributed by atoms with Crippen molar-refractivity contribution >= 4 is 39.8 Å². The molecule has 1 aliphatic carbocycles. The predicted octanol–water partition coefficient (Wildman–Crippen LogP) is 5.45. The van der Waals surface area contributed by atoms with E-state index in [1.54, 1.807) is 12.3 Å². The van der Waals surface area contributed by atoms with Crippen LogP contribution in [0.25, 0.3) is 17.2 Å². The number of likely N-dealkylation sites (tertiary alicyclic amines) is 1. The Morgan fingerprint density at radius 2 is 1.82 bits per heavy atom. The first kappa shape index (κ1) is 26.8. The highest BCUT2D eigenvalue weighted by Crippen LogP contribution is 2.43. The summed E-state index contributed by atoms with van der Waals surface area (Å²) < 4.78 is 26.0. The average Bonchev–Trinajstić information content (AvgIpc) is 3.39. The van der Waals surface area contributed by atoms with Crippen LogP contribution in [0, 0.1) is 11.7 Å². The van der Waals surface area contributed by atoms with Crippen LogP contribution >= 0.6 is 0 Å². The van der Waals surface area contributed by atoms with Crippen molar-refractivity contribution in [1.82, 2.24) is 10.2 Å². The zero-order chi connectivity index (χ0) is 27.5. The van der Waals surface area contributed by atoms with Crippen LogP contribution in [0.15, 0.2) is 83.3 Å². The number of nitrogens with zero attached hydrogens (tertiary/aromatic N) is 1. The van der Waals surface area contributed by atoms with E-state index < -0.39 is 10.8 Å². The largest absolute Gasteiger partial charge is 0.355 e. The van der Waals surface area contributed by atoms with Crippen LogP contribution < -0.4 is 5.32 Å². The number of benzene rings is 3. The molecule has 2 unspecified atom stereocenters. The minimum absolute atomic E-state index is 0.0597. The number of carbonyl (C=O) groups excluding carboxylic acids is 2. The lowest BCUT2D eigenvalue weighted by molar-refractivity contribution is -0.128. The number of allylic oxidation sites excluding steroid dienone is 2. The summed E-state index contributed by atoms with van der Waals surface area (Å²) in [6.07, 6.45) is 4.21. The Hall–Kier alpha value is -3.84. The Balaban J connectivity index is 1.27. The minimum atomic E-state index is -1.05.